The molecule has 0 aliphatic heterocycles. The van der Waals surface area contributed by atoms with Gasteiger partial charge in [0.15, 0.2) is 5.13 Å². The summed E-state index contributed by atoms with van der Waals surface area (Å²) >= 11 is 1.29. The molecule has 1 aliphatic rings. The normalized spacial score (nSPS) is 15.8. The Kier molecular flexibility index (Phi) is 4.67. The fourth-order valence-corrected chi connectivity index (χ4v) is 2.64. The second-order valence-electron chi connectivity index (χ2n) is 4.81. The zero-order valence-electron chi connectivity index (χ0n) is 10.8. The van der Waals surface area contributed by atoms with Gasteiger partial charge < -0.3 is 10.2 Å². The lowest BCUT2D eigenvalue weighted by molar-refractivity contribution is -0.119. The second kappa shape index (κ2) is 6.09. The van der Waals surface area contributed by atoms with E-state index in [1.807, 2.05) is 12.3 Å². The number of nitrogens with zero attached hydrogens (tertiary/aromatic N) is 2. The maximum atomic E-state index is 12.5. The predicted octanol–water partition coefficient (Wildman–Crippen LogP) is 3.17. The Morgan fingerprint density at radius 2 is 2.21 bits per heavy atom. The number of rotatable bonds is 7. The number of hydrogen-bond acceptors (Lipinski definition) is 4. The Bertz CT molecular complexity index is 401. The summed E-state index contributed by atoms with van der Waals surface area (Å²) < 4.78 is 37.5. The minimum atomic E-state index is -4.19. The van der Waals surface area contributed by atoms with Crippen LogP contribution in [-0.4, -0.2) is 30.3 Å². The lowest BCUT2D eigenvalue weighted by atomic mass is 10.4. The van der Waals surface area contributed by atoms with Crippen LogP contribution in [0.15, 0.2) is 5.38 Å². The highest BCUT2D eigenvalue weighted by Gasteiger charge is 2.31. The van der Waals surface area contributed by atoms with E-state index in [0.717, 1.165) is 5.69 Å². The fraction of sp³-hybridized carbons (Fsp3) is 0.750. The van der Waals surface area contributed by atoms with Crippen LogP contribution in [0.3, 0.4) is 0 Å². The average molecular weight is 293 g/mol. The van der Waals surface area contributed by atoms with Crippen LogP contribution in [0.2, 0.25) is 0 Å². The molecule has 0 atom stereocenters. The lowest BCUT2D eigenvalue weighted by Gasteiger charge is -2.22. The van der Waals surface area contributed by atoms with E-state index in [2.05, 4.69) is 10.3 Å². The topological polar surface area (TPSA) is 28.2 Å². The molecule has 1 aliphatic carbocycles. The third-order valence-corrected chi connectivity index (χ3v) is 3.77. The zero-order valence-corrected chi connectivity index (χ0v) is 11.7. The molecule has 3 nitrogen and oxygen atoms in total. The number of aromatic nitrogens is 1. The van der Waals surface area contributed by atoms with E-state index in [-0.39, 0.29) is 0 Å². The van der Waals surface area contributed by atoms with Crippen molar-refractivity contribution in [2.45, 2.75) is 44.9 Å². The minimum Gasteiger partial charge on any atom is -0.339 e. The molecule has 0 saturated heterocycles. The monoisotopic (exact) mass is 293 g/mol. The van der Waals surface area contributed by atoms with Crippen molar-refractivity contribution in [1.29, 1.82) is 0 Å². The van der Waals surface area contributed by atoms with Crippen molar-refractivity contribution in [2.75, 3.05) is 18.0 Å². The summed E-state index contributed by atoms with van der Waals surface area (Å²) in [6.07, 6.45) is -1.14. The quantitative estimate of drug-likeness (QED) is 0.837. The molecule has 1 saturated carbocycles. The molecule has 0 unspecified atom stereocenters. The first-order chi connectivity index (χ1) is 8.98. The largest absolute Gasteiger partial charge is 0.406 e. The van der Waals surface area contributed by atoms with Gasteiger partial charge in [0, 0.05) is 24.5 Å². The highest BCUT2D eigenvalue weighted by Crippen LogP contribution is 2.26. The van der Waals surface area contributed by atoms with E-state index in [4.69, 9.17) is 0 Å². The van der Waals surface area contributed by atoms with Gasteiger partial charge in [-0.1, -0.05) is 6.92 Å². The molecule has 0 aromatic carbocycles. The first kappa shape index (κ1) is 14.6. The maximum Gasteiger partial charge on any atom is 0.406 e. The smallest absolute Gasteiger partial charge is 0.339 e. The molecule has 1 fully saturated rings. The minimum absolute atomic E-state index is 0.377. The third-order valence-electron chi connectivity index (χ3n) is 2.82. The molecule has 1 aromatic heterocycles. The van der Waals surface area contributed by atoms with E-state index < -0.39 is 12.7 Å². The van der Waals surface area contributed by atoms with Crippen molar-refractivity contribution in [3.63, 3.8) is 0 Å². The number of anilines is 1. The first-order valence-electron chi connectivity index (χ1n) is 6.47. The molecule has 1 heterocycles. The standard InChI is InChI=1S/C12H18F3N3S/c1-2-5-18(8-12(13,14)15)11-17-10(7-19-11)6-16-9-3-4-9/h7,9,16H,2-6,8H2,1H3. The van der Waals surface area contributed by atoms with E-state index >= 15 is 0 Å². The van der Waals surface area contributed by atoms with Crippen molar-refractivity contribution >= 4 is 16.5 Å². The van der Waals surface area contributed by atoms with Gasteiger partial charge in [-0.15, -0.1) is 11.3 Å². The molecular weight excluding hydrogens is 275 g/mol. The molecule has 0 amide bonds. The molecule has 0 spiro atoms. The van der Waals surface area contributed by atoms with Crippen LogP contribution in [0.4, 0.5) is 18.3 Å². The number of alkyl halides is 3. The Morgan fingerprint density at radius 1 is 1.47 bits per heavy atom. The summed E-state index contributed by atoms with van der Waals surface area (Å²) in [5.41, 5.74) is 0.829. The van der Waals surface area contributed by atoms with Crippen molar-refractivity contribution in [1.82, 2.24) is 10.3 Å². The summed E-state index contributed by atoms with van der Waals surface area (Å²) in [4.78, 5) is 5.61. The maximum absolute atomic E-state index is 12.5. The summed E-state index contributed by atoms with van der Waals surface area (Å²) in [6.45, 7) is 1.96. The molecule has 1 aromatic rings. The number of thiazole rings is 1. The summed E-state index contributed by atoms with van der Waals surface area (Å²) in [5.74, 6) is 0. The fourth-order valence-electron chi connectivity index (χ4n) is 1.79. The van der Waals surface area contributed by atoms with Crippen molar-refractivity contribution in [3.05, 3.63) is 11.1 Å². The van der Waals surface area contributed by atoms with E-state index in [1.54, 1.807) is 0 Å². The molecule has 7 heteroatoms. The van der Waals surface area contributed by atoms with Gasteiger partial charge in [0.1, 0.15) is 6.54 Å². The predicted molar refractivity (Wildman–Crippen MR) is 70.5 cm³/mol. The third kappa shape index (κ3) is 4.99. The Balaban J connectivity index is 1.95. The molecular formula is C12H18F3N3S. The lowest BCUT2D eigenvalue weighted by Crippen LogP contribution is -2.34. The molecule has 0 bridgehead atoms. The molecule has 108 valence electrons. The van der Waals surface area contributed by atoms with Gasteiger partial charge in [0.2, 0.25) is 0 Å². The second-order valence-corrected chi connectivity index (χ2v) is 5.65. The summed E-state index contributed by atoms with van der Waals surface area (Å²) in [6, 6.07) is 0.576. The van der Waals surface area contributed by atoms with Gasteiger partial charge in [0.25, 0.3) is 0 Å². The van der Waals surface area contributed by atoms with Crippen LogP contribution < -0.4 is 10.2 Å². The highest BCUT2D eigenvalue weighted by atomic mass is 32.1. The van der Waals surface area contributed by atoms with Gasteiger partial charge in [-0.25, -0.2) is 4.98 Å². The van der Waals surface area contributed by atoms with Crippen molar-refractivity contribution in [2.24, 2.45) is 0 Å². The first-order valence-corrected chi connectivity index (χ1v) is 7.35. The Labute approximate surface area is 114 Å². The van der Waals surface area contributed by atoms with Gasteiger partial charge >= 0.3 is 6.18 Å². The van der Waals surface area contributed by atoms with Gasteiger partial charge in [-0.05, 0) is 19.3 Å². The molecule has 1 N–H and O–H groups in total. The number of hydrogen-bond donors (Lipinski definition) is 1. The van der Waals surface area contributed by atoms with Crippen LogP contribution in [0.1, 0.15) is 31.9 Å². The highest BCUT2D eigenvalue weighted by molar-refractivity contribution is 7.13. The van der Waals surface area contributed by atoms with E-state index in [0.29, 0.717) is 30.7 Å². The van der Waals surface area contributed by atoms with Gasteiger partial charge in [-0.2, -0.15) is 13.2 Å². The average Bonchev–Trinajstić information content (AvgIpc) is 3.02. The Morgan fingerprint density at radius 3 is 2.79 bits per heavy atom. The molecule has 0 radical (unpaired) electrons. The van der Waals surface area contributed by atoms with Crippen LogP contribution in [0.5, 0.6) is 0 Å². The number of halogens is 3. The van der Waals surface area contributed by atoms with Crippen LogP contribution in [0.25, 0.3) is 0 Å². The van der Waals surface area contributed by atoms with E-state index in [1.165, 1.54) is 29.1 Å². The van der Waals surface area contributed by atoms with Gasteiger partial charge in [-0.3, -0.25) is 0 Å². The Hall–Kier alpha value is -0.820. The summed E-state index contributed by atoms with van der Waals surface area (Å²) in [5, 5.41) is 5.61. The van der Waals surface area contributed by atoms with Crippen LogP contribution in [0, 0.1) is 0 Å². The van der Waals surface area contributed by atoms with E-state index in [9.17, 15) is 13.2 Å². The zero-order chi connectivity index (χ0) is 13.9. The van der Waals surface area contributed by atoms with Crippen LogP contribution >= 0.6 is 11.3 Å². The van der Waals surface area contributed by atoms with Crippen molar-refractivity contribution in [3.8, 4) is 0 Å². The van der Waals surface area contributed by atoms with Crippen molar-refractivity contribution < 1.29 is 13.2 Å². The SMILES string of the molecule is CCCN(CC(F)(F)F)c1nc(CNC2CC2)cs1. The van der Waals surface area contributed by atoms with Gasteiger partial charge in [0.05, 0.1) is 5.69 Å². The summed E-state index contributed by atoms with van der Waals surface area (Å²) in [7, 11) is 0. The molecule has 2 rings (SSSR count). The molecule has 19 heavy (non-hydrogen) atoms. The number of nitrogens with one attached hydrogen (secondary N) is 1. The van der Waals surface area contributed by atoms with Crippen LogP contribution in [-0.2, 0) is 6.54 Å².